The smallest absolute Gasteiger partial charge is 0.455 e. The molecule has 0 saturated carbocycles. The van der Waals surface area contributed by atoms with Crippen molar-refractivity contribution in [1.29, 1.82) is 0 Å². The highest BCUT2D eigenvalue weighted by Gasteiger charge is 2.56. The van der Waals surface area contributed by atoms with Gasteiger partial charge in [0.2, 0.25) is 11.8 Å². The fraction of sp³-hybridized carbons (Fsp3) is 0.538. The first-order valence-corrected chi connectivity index (χ1v) is 12.3. The number of imide groups is 1. The minimum absolute atomic E-state index is 0.167. The van der Waals surface area contributed by atoms with Gasteiger partial charge in [0, 0.05) is 14.2 Å². The van der Waals surface area contributed by atoms with Gasteiger partial charge in [-0.05, 0) is 66.8 Å². The van der Waals surface area contributed by atoms with Crippen LogP contribution in [-0.2, 0) is 19.0 Å². The number of ether oxygens (including phenoxy) is 1. The first-order valence-electron chi connectivity index (χ1n) is 12.3. The minimum atomic E-state index is -1.02. The van der Waals surface area contributed by atoms with E-state index in [-0.39, 0.29) is 29.8 Å². The predicted molar refractivity (Wildman–Crippen MR) is 130 cm³/mol. The molecule has 2 heterocycles. The molecule has 4 atom stereocenters. The van der Waals surface area contributed by atoms with Crippen LogP contribution in [0.5, 0.6) is 5.75 Å². The lowest BCUT2D eigenvalue weighted by Crippen LogP contribution is -2.46. The molecule has 188 valence electrons. The SMILES string of the molecule is CCC/C(=C\c1ccc(O)c(F)c1)CC[C@H]1OB(O)C[C@H]2C1=C(COC)C[C@H]1C(=O)N(C)C(=O)[C@H]12. The maximum atomic E-state index is 13.8. The van der Waals surface area contributed by atoms with Crippen molar-refractivity contribution in [3.05, 3.63) is 46.3 Å². The molecule has 9 heteroatoms. The van der Waals surface area contributed by atoms with Crippen LogP contribution in [-0.4, -0.2) is 60.8 Å². The molecule has 0 unspecified atom stereocenters. The third kappa shape index (κ3) is 5.08. The van der Waals surface area contributed by atoms with E-state index in [0.717, 1.165) is 29.6 Å². The van der Waals surface area contributed by atoms with Gasteiger partial charge in [-0.15, -0.1) is 0 Å². The second-order valence-electron chi connectivity index (χ2n) is 9.79. The molecule has 4 rings (SSSR count). The number of phenols is 1. The summed E-state index contributed by atoms with van der Waals surface area (Å²) >= 11 is 0. The number of carbonyl (C=O) groups is 2. The molecule has 2 saturated heterocycles. The van der Waals surface area contributed by atoms with Crippen molar-refractivity contribution >= 4 is 25.0 Å². The molecule has 2 fully saturated rings. The van der Waals surface area contributed by atoms with Crippen LogP contribution in [0.2, 0.25) is 6.32 Å². The van der Waals surface area contributed by atoms with Crippen molar-refractivity contribution in [1.82, 2.24) is 4.90 Å². The van der Waals surface area contributed by atoms with Crippen LogP contribution in [0.15, 0.2) is 34.9 Å². The van der Waals surface area contributed by atoms with Gasteiger partial charge in [0.15, 0.2) is 11.6 Å². The Morgan fingerprint density at radius 1 is 1.29 bits per heavy atom. The van der Waals surface area contributed by atoms with Crippen molar-refractivity contribution in [2.24, 2.45) is 17.8 Å². The monoisotopic (exact) mass is 485 g/mol. The van der Waals surface area contributed by atoms with Gasteiger partial charge in [-0.25, -0.2) is 4.39 Å². The highest BCUT2D eigenvalue weighted by atomic mass is 19.1. The highest BCUT2D eigenvalue weighted by molar-refractivity contribution is 6.43. The van der Waals surface area contributed by atoms with Crippen molar-refractivity contribution in [2.45, 2.75) is 51.5 Å². The standard InChI is InChI=1S/C26H33BFNO6/c1-4-5-15(10-16-6-8-21(30)20(28)11-16)7-9-22-23-17(14-34-3)12-18-24(19(23)13-27(33)35-22)26(32)29(2)25(18)31/h6,8,10-11,18-19,22,24,30,33H,4-5,7,9,12-14H2,1-3H3/b15-10+/t18-,19+,22-,24-/m1/s1. The second-order valence-corrected chi connectivity index (χ2v) is 9.79. The van der Waals surface area contributed by atoms with E-state index < -0.39 is 30.9 Å². The van der Waals surface area contributed by atoms with Crippen molar-refractivity contribution in [2.75, 3.05) is 20.8 Å². The van der Waals surface area contributed by atoms with Crippen molar-refractivity contribution in [3.63, 3.8) is 0 Å². The Kier molecular flexibility index (Phi) is 7.78. The number of methoxy groups -OCH3 is 1. The molecular formula is C26H33BFNO6. The number of hydrogen-bond donors (Lipinski definition) is 2. The van der Waals surface area contributed by atoms with Gasteiger partial charge in [0.25, 0.3) is 0 Å². The summed E-state index contributed by atoms with van der Waals surface area (Å²) < 4.78 is 25.3. The highest BCUT2D eigenvalue weighted by Crippen LogP contribution is 2.50. The van der Waals surface area contributed by atoms with E-state index >= 15 is 0 Å². The Labute approximate surface area is 205 Å². The average molecular weight is 485 g/mol. The van der Waals surface area contributed by atoms with Crippen LogP contribution in [0.1, 0.15) is 44.6 Å². The zero-order chi connectivity index (χ0) is 25.3. The molecule has 35 heavy (non-hydrogen) atoms. The van der Waals surface area contributed by atoms with Gasteiger partial charge in [-0.3, -0.25) is 14.5 Å². The van der Waals surface area contributed by atoms with Gasteiger partial charge < -0.3 is 19.5 Å². The Balaban J connectivity index is 1.61. The van der Waals surface area contributed by atoms with Gasteiger partial charge >= 0.3 is 7.12 Å². The van der Waals surface area contributed by atoms with E-state index in [4.69, 9.17) is 9.39 Å². The molecule has 3 aliphatic rings. The van der Waals surface area contributed by atoms with E-state index in [9.17, 15) is 24.1 Å². The zero-order valence-corrected chi connectivity index (χ0v) is 20.5. The van der Waals surface area contributed by atoms with Crippen LogP contribution in [0.3, 0.4) is 0 Å². The normalized spacial score (nSPS) is 26.9. The Hall–Kier alpha value is -2.49. The third-order valence-corrected chi connectivity index (χ3v) is 7.49. The summed E-state index contributed by atoms with van der Waals surface area (Å²) in [7, 11) is 2.12. The summed E-state index contributed by atoms with van der Waals surface area (Å²) in [5.41, 5.74) is 3.74. The van der Waals surface area contributed by atoms with Crippen LogP contribution < -0.4 is 0 Å². The molecule has 7 nitrogen and oxygen atoms in total. The van der Waals surface area contributed by atoms with Gasteiger partial charge in [0.05, 0.1) is 24.5 Å². The number of aromatic hydroxyl groups is 1. The number of allylic oxidation sites excluding steroid dienone is 1. The summed E-state index contributed by atoms with van der Waals surface area (Å²) in [5.74, 6) is -2.56. The van der Waals surface area contributed by atoms with E-state index in [1.165, 1.54) is 24.1 Å². The molecule has 1 aromatic rings. The molecule has 1 aromatic carbocycles. The fourth-order valence-electron chi connectivity index (χ4n) is 5.98. The Morgan fingerprint density at radius 2 is 2.06 bits per heavy atom. The van der Waals surface area contributed by atoms with E-state index in [0.29, 0.717) is 31.4 Å². The van der Waals surface area contributed by atoms with Crippen LogP contribution in [0, 0.1) is 23.6 Å². The molecule has 0 bridgehead atoms. The lowest BCUT2D eigenvalue weighted by Gasteiger charge is -2.43. The van der Waals surface area contributed by atoms with E-state index in [1.807, 2.05) is 6.08 Å². The number of fused-ring (bicyclic) bond motifs is 3. The number of amides is 2. The summed E-state index contributed by atoms with van der Waals surface area (Å²) in [6.45, 7) is 2.42. The Bertz CT molecular complexity index is 1060. The summed E-state index contributed by atoms with van der Waals surface area (Å²) in [6.07, 6.45) is 5.22. The maximum Gasteiger partial charge on any atom is 0.455 e. The molecule has 2 amide bonds. The molecule has 0 spiro atoms. The third-order valence-electron chi connectivity index (χ3n) is 7.49. The molecule has 1 aliphatic carbocycles. The number of carbonyl (C=O) groups excluding carboxylic acids is 2. The van der Waals surface area contributed by atoms with E-state index in [2.05, 4.69) is 6.92 Å². The molecule has 2 N–H and O–H groups in total. The summed E-state index contributed by atoms with van der Waals surface area (Å²) in [5, 5.41) is 20.0. The van der Waals surface area contributed by atoms with Crippen LogP contribution >= 0.6 is 0 Å². The number of benzene rings is 1. The van der Waals surface area contributed by atoms with Gasteiger partial charge in [-0.1, -0.05) is 31.1 Å². The second kappa shape index (κ2) is 10.6. The lowest BCUT2D eigenvalue weighted by atomic mass is 9.58. The number of hydrogen-bond acceptors (Lipinski definition) is 6. The van der Waals surface area contributed by atoms with Gasteiger partial charge in [0.1, 0.15) is 0 Å². The quantitative estimate of drug-likeness (QED) is 0.332. The number of nitrogens with zero attached hydrogens (tertiary/aromatic N) is 1. The summed E-state index contributed by atoms with van der Waals surface area (Å²) in [6, 6.07) is 4.32. The van der Waals surface area contributed by atoms with Crippen LogP contribution in [0.4, 0.5) is 4.39 Å². The van der Waals surface area contributed by atoms with E-state index in [1.54, 1.807) is 13.2 Å². The Morgan fingerprint density at radius 3 is 2.74 bits per heavy atom. The maximum absolute atomic E-state index is 13.8. The number of phenolic OH excluding ortho intramolecular Hbond substituents is 1. The number of rotatable bonds is 8. The fourth-order valence-corrected chi connectivity index (χ4v) is 5.98. The first kappa shape index (κ1) is 25.6. The molecule has 0 aromatic heterocycles. The largest absolute Gasteiger partial charge is 0.505 e. The lowest BCUT2D eigenvalue weighted by molar-refractivity contribution is -0.138. The zero-order valence-electron chi connectivity index (χ0n) is 20.5. The number of likely N-dealkylation sites (tertiary alicyclic amines) is 1. The predicted octanol–water partition coefficient (Wildman–Crippen LogP) is 3.57. The number of halogens is 1. The molecular weight excluding hydrogens is 452 g/mol. The molecule has 2 aliphatic heterocycles. The van der Waals surface area contributed by atoms with Gasteiger partial charge in [-0.2, -0.15) is 0 Å². The van der Waals surface area contributed by atoms with Crippen molar-refractivity contribution < 1.29 is 33.5 Å². The van der Waals surface area contributed by atoms with Crippen LogP contribution in [0.25, 0.3) is 6.08 Å². The minimum Gasteiger partial charge on any atom is -0.505 e. The average Bonchev–Trinajstić information content (AvgIpc) is 3.03. The molecule has 0 radical (unpaired) electrons. The van der Waals surface area contributed by atoms with Crippen molar-refractivity contribution in [3.8, 4) is 5.75 Å². The topological polar surface area (TPSA) is 96.3 Å². The first-order chi connectivity index (χ1) is 16.7. The summed E-state index contributed by atoms with van der Waals surface area (Å²) in [4.78, 5) is 26.9.